The molecule has 0 heterocycles. The Morgan fingerprint density at radius 2 is 1.85 bits per heavy atom. The van der Waals surface area contributed by atoms with Gasteiger partial charge in [-0.15, -0.1) is 0 Å². The highest BCUT2D eigenvalue weighted by molar-refractivity contribution is 5.41. The van der Waals surface area contributed by atoms with E-state index >= 15 is 0 Å². The number of ether oxygens (including phenoxy) is 1. The fourth-order valence-corrected chi connectivity index (χ4v) is 2.47. The molecular weight excluding hydrogens is 255 g/mol. The number of benzene rings is 2. The number of methoxy groups -OCH3 is 1. The second kappa shape index (κ2) is 5.25. The van der Waals surface area contributed by atoms with Crippen molar-refractivity contribution in [2.45, 2.75) is 24.9 Å². The van der Waals surface area contributed by atoms with Gasteiger partial charge in [-0.1, -0.05) is 24.3 Å². The molecule has 1 atom stereocenters. The Kier molecular flexibility index (Phi) is 3.45. The summed E-state index contributed by atoms with van der Waals surface area (Å²) >= 11 is 0. The Bertz CT molecular complexity index is 603. The average molecular weight is 272 g/mol. The van der Waals surface area contributed by atoms with E-state index in [2.05, 4.69) is 0 Å². The number of aliphatic hydroxyl groups excluding tert-OH is 1. The minimum atomic E-state index is -0.881. The van der Waals surface area contributed by atoms with Gasteiger partial charge >= 0.3 is 0 Å². The van der Waals surface area contributed by atoms with E-state index in [1.807, 2.05) is 24.3 Å². The van der Waals surface area contributed by atoms with Crippen molar-refractivity contribution in [1.82, 2.24) is 0 Å². The van der Waals surface area contributed by atoms with Crippen molar-refractivity contribution in [3.8, 4) is 5.75 Å². The maximum atomic E-state index is 13.4. The Balaban J connectivity index is 1.90. The first-order chi connectivity index (χ1) is 9.69. The number of halogens is 1. The lowest BCUT2D eigenvalue weighted by molar-refractivity contribution is 0.214. The van der Waals surface area contributed by atoms with Gasteiger partial charge in [0, 0.05) is 5.56 Å². The fraction of sp³-hybridized carbons (Fsp3) is 0.294. The van der Waals surface area contributed by atoms with Crippen LogP contribution in [0.4, 0.5) is 4.39 Å². The molecule has 0 bridgehead atoms. The molecule has 1 unspecified atom stereocenters. The summed E-state index contributed by atoms with van der Waals surface area (Å²) in [6.45, 7) is 0. The summed E-state index contributed by atoms with van der Waals surface area (Å²) in [7, 11) is 1.51. The van der Waals surface area contributed by atoms with Crippen molar-refractivity contribution in [2.75, 3.05) is 7.11 Å². The minimum Gasteiger partial charge on any atom is -0.496 e. The number of rotatable bonds is 4. The summed E-state index contributed by atoms with van der Waals surface area (Å²) in [5.74, 6) is 0.796. The maximum Gasteiger partial charge on any atom is 0.125 e. The molecule has 0 amide bonds. The molecule has 3 heteroatoms. The molecule has 2 aromatic carbocycles. The molecule has 0 spiro atoms. The van der Waals surface area contributed by atoms with Gasteiger partial charge in [0.1, 0.15) is 17.7 Å². The van der Waals surface area contributed by atoms with Crippen LogP contribution in [0.5, 0.6) is 5.75 Å². The molecule has 1 aliphatic carbocycles. The van der Waals surface area contributed by atoms with Crippen LogP contribution < -0.4 is 4.74 Å². The zero-order chi connectivity index (χ0) is 14.1. The molecular formula is C17H17FO2. The summed E-state index contributed by atoms with van der Waals surface area (Å²) in [5.41, 5.74) is 2.51. The zero-order valence-corrected chi connectivity index (χ0v) is 11.3. The van der Waals surface area contributed by atoms with Crippen molar-refractivity contribution >= 4 is 0 Å². The Labute approximate surface area is 117 Å². The van der Waals surface area contributed by atoms with Gasteiger partial charge in [-0.25, -0.2) is 4.39 Å². The van der Waals surface area contributed by atoms with Crippen molar-refractivity contribution in [1.29, 1.82) is 0 Å². The van der Waals surface area contributed by atoms with Gasteiger partial charge in [0.15, 0.2) is 0 Å². The summed E-state index contributed by atoms with van der Waals surface area (Å²) in [5, 5.41) is 10.4. The topological polar surface area (TPSA) is 29.5 Å². The van der Waals surface area contributed by atoms with Crippen LogP contribution in [0.25, 0.3) is 0 Å². The quantitative estimate of drug-likeness (QED) is 0.917. The van der Waals surface area contributed by atoms with E-state index in [0.717, 1.165) is 5.56 Å². The molecule has 3 rings (SSSR count). The SMILES string of the molecule is COc1ccc(F)cc1C(O)c1ccc(C2CC2)cc1. The van der Waals surface area contributed by atoms with Crippen molar-refractivity contribution in [3.05, 3.63) is 65.0 Å². The van der Waals surface area contributed by atoms with E-state index in [9.17, 15) is 9.50 Å². The summed E-state index contributed by atoms with van der Waals surface area (Å²) < 4.78 is 18.6. The lowest BCUT2D eigenvalue weighted by Crippen LogP contribution is -2.03. The van der Waals surface area contributed by atoms with E-state index in [-0.39, 0.29) is 5.82 Å². The maximum absolute atomic E-state index is 13.4. The first-order valence-electron chi connectivity index (χ1n) is 6.80. The molecule has 0 aliphatic heterocycles. The lowest BCUT2D eigenvalue weighted by Gasteiger charge is -2.15. The van der Waals surface area contributed by atoms with Crippen LogP contribution in [-0.4, -0.2) is 12.2 Å². The predicted molar refractivity (Wildman–Crippen MR) is 75.4 cm³/mol. The van der Waals surface area contributed by atoms with Crippen molar-refractivity contribution in [3.63, 3.8) is 0 Å². The van der Waals surface area contributed by atoms with Gasteiger partial charge in [-0.3, -0.25) is 0 Å². The van der Waals surface area contributed by atoms with E-state index in [0.29, 0.717) is 17.2 Å². The van der Waals surface area contributed by atoms with Gasteiger partial charge < -0.3 is 9.84 Å². The highest BCUT2D eigenvalue weighted by Crippen LogP contribution is 2.40. The highest BCUT2D eigenvalue weighted by atomic mass is 19.1. The number of aliphatic hydroxyl groups is 1. The molecule has 1 N–H and O–H groups in total. The second-order valence-electron chi connectivity index (χ2n) is 5.23. The molecule has 2 aromatic rings. The average Bonchev–Trinajstić information content (AvgIpc) is 3.31. The molecule has 1 aliphatic rings. The molecule has 104 valence electrons. The molecule has 0 radical (unpaired) electrons. The van der Waals surface area contributed by atoms with E-state index in [4.69, 9.17) is 4.74 Å². The summed E-state index contributed by atoms with van der Waals surface area (Å²) in [6.07, 6.45) is 1.62. The van der Waals surface area contributed by atoms with Crippen molar-refractivity contribution < 1.29 is 14.2 Å². The number of hydrogen-bond donors (Lipinski definition) is 1. The first kappa shape index (κ1) is 13.1. The minimum absolute atomic E-state index is 0.380. The monoisotopic (exact) mass is 272 g/mol. The third kappa shape index (κ3) is 2.54. The second-order valence-corrected chi connectivity index (χ2v) is 5.23. The fourth-order valence-electron chi connectivity index (χ4n) is 2.47. The van der Waals surface area contributed by atoms with Gasteiger partial charge in [0.2, 0.25) is 0 Å². The molecule has 2 nitrogen and oxygen atoms in total. The molecule has 1 fully saturated rings. The molecule has 0 aromatic heterocycles. The molecule has 20 heavy (non-hydrogen) atoms. The molecule has 1 saturated carbocycles. The standard InChI is InChI=1S/C17H17FO2/c1-20-16-9-8-14(18)10-15(16)17(19)13-6-4-12(5-7-13)11-2-3-11/h4-11,17,19H,2-3H2,1H3. The summed E-state index contributed by atoms with van der Waals surface area (Å²) in [4.78, 5) is 0. The van der Waals surface area contributed by atoms with Gasteiger partial charge in [-0.05, 0) is 48.1 Å². The van der Waals surface area contributed by atoms with E-state index in [1.54, 1.807) is 0 Å². The van der Waals surface area contributed by atoms with Crippen LogP contribution in [0.15, 0.2) is 42.5 Å². The predicted octanol–water partition coefficient (Wildman–Crippen LogP) is 3.79. The zero-order valence-electron chi connectivity index (χ0n) is 11.3. The van der Waals surface area contributed by atoms with E-state index < -0.39 is 6.10 Å². The molecule has 0 saturated heterocycles. The Morgan fingerprint density at radius 3 is 2.45 bits per heavy atom. The largest absolute Gasteiger partial charge is 0.496 e. The van der Waals surface area contributed by atoms with Crippen LogP contribution in [0.3, 0.4) is 0 Å². The van der Waals surface area contributed by atoms with Crippen molar-refractivity contribution in [2.24, 2.45) is 0 Å². The lowest BCUT2D eigenvalue weighted by atomic mass is 9.98. The van der Waals surface area contributed by atoms with Gasteiger partial charge in [-0.2, -0.15) is 0 Å². The van der Waals surface area contributed by atoms with Crippen LogP contribution in [0, 0.1) is 5.82 Å². The van der Waals surface area contributed by atoms with Crippen LogP contribution in [0.2, 0.25) is 0 Å². The Hall–Kier alpha value is -1.87. The Morgan fingerprint density at radius 1 is 1.15 bits per heavy atom. The highest BCUT2D eigenvalue weighted by Gasteiger charge is 2.23. The van der Waals surface area contributed by atoms with Gasteiger partial charge in [0.25, 0.3) is 0 Å². The van der Waals surface area contributed by atoms with Crippen LogP contribution in [0.1, 0.15) is 41.6 Å². The van der Waals surface area contributed by atoms with E-state index in [1.165, 1.54) is 43.7 Å². The van der Waals surface area contributed by atoms with Gasteiger partial charge in [0.05, 0.1) is 7.11 Å². The number of hydrogen-bond acceptors (Lipinski definition) is 2. The summed E-state index contributed by atoms with van der Waals surface area (Å²) in [6, 6.07) is 12.1. The smallest absolute Gasteiger partial charge is 0.125 e. The van der Waals surface area contributed by atoms with Crippen LogP contribution >= 0.6 is 0 Å². The first-order valence-corrected chi connectivity index (χ1v) is 6.80. The normalized spacial score (nSPS) is 15.9. The third-order valence-electron chi connectivity index (χ3n) is 3.79. The van der Waals surface area contributed by atoms with Crippen LogP contribution in [-0.2, 0) is 0 Å². The third-order valence-corrected chi connectivity index (χ3v) is 3.79.